The number of ether oxygens (including phenoxy) is 1. The van der Waals surface area contributed by atoms with Gasteiger partial charge < -0.3 is 10.1 Å². The van der Waals surface area contributed by atoms with Gasteiger partial charge in [-0.25, -0.2) is 0 Å². The van der Waals surface area contributed by atoms with E-state index >= 15 is 0 Å². The number of nitrogens with one attached hydrogen (secondary N) is 1. The summed E-state index contributed by atoms with van der Waals surface area (Å²) in [6.45, 7) is 4.69. The van der Waals surface area contributed by atoms with E-state index in [1.165, 1.54) is 0 Å². The number of para-hydroxylation sites is 1. The van der Waals surface area contributed by atoms with E-state index in [9.17, 15) is 4.79 Å². The molecule has 0 aliphatic carbocycles. The zero-order valence-electron chi connectivity index (χ0n) is 14.7. The van der Waals surface area contributed by atoms with Crippen LogP contribution >= 0.6 is 11.6 Å². The fourth-order valence-electron chi connectivity index (χ4n) is 2.62. The van der Waals surface area contributed by atoms with Gasteiger partial charge in [-0.2, -0.15) is 5.10 Å². The van der Waals surface area contributed by atoms with Crippen LogP contribution in [0.15, 0.2) is 54.6 Å². The highest BCUT2D eigenvalue weighted by Crippen LogP contribution is 2.22. The van der Waals surface area contributed by atoms with Gasteiger partial charge in [-0.05, 0) is 43.7 Å². The lowest BCUT2D eigenvalue weighted by atomic mass is 10.2. The Morgan fingerprint density at radius 1 is 1.19 bits per heavy atom. The molecule has 1 heterocycles. The Kier molecular flexibility index (Phi) is 5.58. The van der Waals surface area contributed by atoms with Crippen LogP contribution in [0.3, 0.4) is 0 Å². The van der Waals surface area contributed by atoms with Gasteiger partial charge in [0, 0.05) is 12.2 Å². The van der Waals surface area contributed by atoms with Gasteiger partial charge in [-0.3, -0.25) is 9.48 Å². The number of carbonyl (C=O) groups is 1. The highest BCUT2D eigenvalue weighted by Gasteiger charge is 2.19. The highest BCUT2D eigenvalue weighted by atomic mass is 35.5. The first-order valence-electron chi connectivity index (χ1n) is 8.39. The number of aromatic nitrogens is 2. The van der Waals surface area contributed by atoms with Gasteiger partial charge in [-0.15, -0.1) is 0 Å². The molecule has 26 heavy (non-hydrogen) atoms. The lowest BCUT2D eigenvalue weighted by Crippen LogP contribution is -2.18. The molecule has 6 heteroatoms. The third-order valence-electron chi connectivity index (χ3n) is 3.90. The van der Waals surface area contributed by atoms with Crippen molar-refractivity contribution in [3.8, 4) is 5.75 Å². The summed E-state index contributed by atoms with van der Waals surface area (Å²) in [6.07, 6.45) is 0. The summed E-state index contributed by atoms with van der Waals surface area (Å²) < 4.78 is 7.35. The standard InChI is InChI=1S/C20H20ClN3O2/c1-3-24-19(18(21)14(2)23-24)20(25)22-16-9-7-8-15(12-16)13-26-17-10-5-4-6-11-17/h4-12H,3,13H2,1-2H3,(H,22,25). The fraction of sp³-hybridized carbons (Fsp3) is 0.200. The molecule has 0 aliphatic heterocycles. The summed E-state index contributed by atoms with van der Waals surface area (Å²) in [5, 5.41) is 7.54. The number of halogens is 1. The third-order valence-corrected chi connectivity index (χ3v) is 4.36. The van der Waals surface area contributed by atoms with Gasteiger partial charge in [0.15, 0.2) is 0 Å². The maximum absolute atomic E-state index is 12.6. The maximum atomic E-state index is 12.6. The molecule has 0 radical (unpaired) electrons. The molecule has 0 aliphatic rings. The highest BCUT2D eigenvalue weighted by molar-refractivity contribution is 6.34. The Hall–Kier alpha value is -2.79. The summed E-state index contributed by atoms with van der Waals surface area (Å²) in [5.41, 5.74) is 2.65. The molecule has 0 saturated carbocycles. The van der Waals surface area contributed by atoms with Crippen molar-refractivity contribution in [2.45, 2.75) is 27.0 Å². The Labute approximate surface area is 157 Å². The van der Waals surface area contributed by atoms with Crippen LogP contribution in [0, 0.1) is 6.92 Å². The lowest BCUT2D eigenvalue weighted by Gasteiger charge is -2.10. The SMILES string of the molecule is CCn1nc(C)c(Cl)c1C(=O)Nc1cccc(COc2ccccc2)c1. The smallest absolute Gasteiger partial charge is 0.275 e. The molecule has 3 aromatic rings. The molecule has 134 valence electrons. The summed E-state index contributed by atoms with van der Waals surface area (Å²) in [7, 11) is 0. The first kappa shape index (κ1) is 18.0. The maximum Gasteiger partial charge on any atom is 0.275 e. The number of hydrogen-bond acceptors (Lipinski definition) is 3. The average Bonchev–Trinajstić information content (AvgIpc) is 2.95. The molecule has 5 nitrogen and oxygen atoms in total. The number of hydrogen-bond donors (Lipinski definition) is 1. The van der Waals surface area contributed by atoms with Crippen LogP contribution in [0.25, 0.3) is 0 Å². The molecule has 0 fully saturated rings. The summed E-state index contributed by atoms with van der Waals surface area (Å²) >= 11 is 6.24. The molecule has 1 amide bonds. The normalized spacial score (nSPS) is 10.6. The zero-order chi connectivity index (χ0) is 18.5. The number of anilines is 1. The van der Waals surface area contributed by atoms with E-state index in [4.69, 9.17) is 16.3 Å². The number of nitrogens with zero attached hydrogens (tertiary/aromatic N) is 2. The Morgan fingerprint density at radius 2 is 1.96 bits per heavy atom. The monoisotopic (exact) mass is 369 g/mol. The first-order valence-corrected chi connectivity index (χ1v) is 8.77. The van der Waals surface area contributed by atoms with Crippen molar-refractivity contribution in [2.24, 2.45) is 0 Å². The van der Waals surface area contributed by atoms with E-state index in [1.807, 2.05) is 61.5 Å². The van der Waals surface area contributed by atoms with Crippen LogP contribution in [0.2, 0.25) is 5.02 Å². The van der Waals surface area contributed by atoms with Crippen molar-refractivity contribution in [3.05, 3.63) is 76.6 Å². The van der Waals surface area contributed by atoms with Crippen molar-refractivity contribution in [2.75, 3.05) is 5.32 Å². The predicted molar refractivity (Wildman–Crippen MR) is 103 cm³/mol. The Balaban J connectivity index is 1.71. The minimum atomic E-state index is -0.279. The van der Waals surface area contributed by atoms with Crippen molar-refractivity contribution < 1.29 is 9.53 Å². The van der Waals surface area contributed by atoms with Crippen molar-refractivity contribution in [1.29, 1.82) is 0 Å². The first-order chi connectivity index (χ1) is 12.6. The van der Waals surface area contributed by atoms with Gasteiger partial charge in [0.25, 0.3) is 5.91 Å². The molecule has 1 aromatic heterocycles. The van der Waals surface area contributed by atoms with Crippen molar-refractivity contribution in [1.82, 2.24) is 9.78 Å². The topological polar surface area (TPSA) is 56.2 Å². The minimum Gasteiger partial charge on any atom is -0.489 e. The van der Waals surface area contributed by atoms with Crippen LogP contribution in [0.1, 0.15) is 28.7 Å². The van der Waals surface area contributed by atoms with Gasteiger partial charge in [0.1, 0.15) is 18.1 Å². The Bertz CT molecular complexity index is 907. The molecule has 0 spiro atoms. The molecule has 1 N–H and O–H groups in total. The molecule has 2 aromatic carbocycles. The lowest BCUT2D eigenvalue weighted by molar-refractivity contribution is 0.101. The molecule has 0 atom stereocenters. The van der Waals surface area contributed by atoms with Gasteiger partial charge in [0.2, 0.25) is 0 Å². The summed E-state index contributed by atoms with van der Waals surface area (Å²) in [5.74, 6) is 0.523. The largest absolute Gasteiger partial charge is 0.489 e. The number of rotatable bonds is 6. The average molecular weight is 370 g/mol. The summed E-state index contributed by atoms with van der Waals surface area (Å²) in [6, 6.07) is 17.1. The van der Waals surface area contributed by atoms with Crippen LogP contribution < -0.4 is 10.1 Å². The number of carbonyl (C=O) groups excluding carboxylic acids is 1. The second-order valence-corrected chi connectivity index (χ2v) is 6.20. The van der Waals surface area contributed by atoms with Crippen LogP contribution in [-0.4, -0.2) is 15.7 Å². The summed E-state index contributed by atoms with van der Waals surface area (Å²) in [4.78, 5) is 12.6. The minimum absolute atomic E-state index is 0.279. The van der Waals surface area contributed by atoms with E-state index in [2.05, 4.69) is 10.4 Å². The van der Waals surface area contributed by atoms with Gasteiger partial charge >= 0.3 is 0 Å². The fourth-order valence-corrected chi connectivity index (χ4v) is 2.84. The second-order valence-electron chi connectivity index (χ2n) is 5.82. The molecule has 0 saturated heterocycles. The van der Waals surface area contributed by atoms with Crippen molar-refractivity contribution in [3.63, 3.8) is 0 Å². The molecule has 3 rings (SSSR count). The second kappa shape index (κ2) is 8.06. The van der Waals surface area contributed by atoms with E-state index < -0.39 is 0 Å². The molecule has 0 unspecified atom stereocenters. The number of aryl methyl sites for hydroxylation is 2. The Morgan fingerprint density at radius 3 is 2.69 bits per heavy atom. The van der Waals surface area contributed by atoms with Crippen LogP contribution in [-0.2, 0) is 13.2 Å². The van der Waals surface area contributed by atoms with E-state index in [0.29, 0.717) is 35.2 Å². The molecule has 0 bridgehead atoms. The van der Waals surface area contributed by atoms with Crippen molar-refractivity contribution >= 4 is 23.2 Å². The molecular formula is C20H20ClN3O2. The van der Waals surface area contributed by atoms with Gasteiger partial charge in [0.05, 0.1) is 10.7 Å². The van der Waals surface area contributed by atoms with Crippen LogP contribution in [0.5, 0.6) is 5.75 Å². The number of benzene rings is 2. The predicted octanol–water partition coefficient (Wildman–Crippen LogP) is 4.70. The van der Waals surface area contributed by atoms with E-state index in [0.717, 1.165) is 11.3 Å². The van der Waals surface area contributed by atoms with E-state index in [1.54, 1.807) is 11.6 Å². The quantitative estimate of drug-likeness (QED) is 0.685. The zero-order valence-corrected chi connectivity index (χ0v) is 15.5. The molecular weight excluding hydrogens is 350 g/mol. The third kappa shape index (κ3) is 4.06. The van der Waals surface area contributed by atoms with E-state index in [-0.39, 0.29) is 5.91 Å². The van der Waals surface area contributed by atoms with Crippen LogP contribution in [0.4, 0.5) is 5.69 Å². The number of amides is 1. The van der Waals surface area contributed by atoms with Gasteiger partial charge in [-0.1, -0.05) is 41.9 Å².